The van der Waals surface area contributed by atoms with Crippen molar-refractivity contribution in [1.29, 1.82) is 0 Å². The molecule has 7 heteroatoms. The van der Waals surface area contributed by atoms with Crippen LogP contribution in [-0.2, 0) is 11.2 Å². The summed E-state index contributed by atoms with van der Waals surface area (Å²) in [7, 11) is 0. The molecule has 4 aromatic rings. The number of aliphatic hydroxyl groups excluding tert-OH is 1. The molecule has 3 N–H and O–H groups in total. The Morgan fingerprint density at radius 3 is 2.60 bits per heavy atom. The lowest BCUT2D eigenvalue weighted by Crippen LogP contribution is -2.47. The van der Waals surface area contributed by atoms with Gasteiger partial charge in [0.15, 0.2) is 0 Å². The number of amides is 1. The van der Waals surface area contributed by atoms with Crippen LogP contribution < -0.4 is 10.1 Å². The SMILES string of the molecule is O=C(Cc1ccc(F)cc1)N1CCC(NCC(O)COc2cccc3[nH]c4ccccc4c23)CC1. The first-order valence-electron chi connectivity index (χ1n) is 12.1. The van der Waals surface area contributed by atoms with Crippen molar-refractivity contribution in [3.63, 3.8) is 0 Å². The van der Waals surface area contributed by atoms with Gasteiger partial charge in [-0.25, -0.2) is 4.39 Å². The van der Waals surface area contributed by atoms with Gasteiger partial charge in [0.25, 0.3) is 0 Å². The molecule has 0 spiro atoms. The summed E-state index contributed by atoms with van der Waals surface area (Å²) in [5, 5.41) is 16.1. The number of para-hydroxylation sites is 1. The molecule has 1 aliphatic heterocycles. The highest BCUT2D eigenvalue weighted by Crippen LogP contribution is 2.33. The van der Waals surface area contributed by atoms with E-state index in [1.807, 2.05) is 41.3 Å². The molecule has 5 rings (SSSR count). The van der Waals surface area contributed by atoms with Crippen molar-refractivity contribution >= 4 is 27.7 Å². The maximum Gasteiger partial charge on any atom is 0.226 e. The molecule has 0 radical (unpaired) electrons. The highest BCUT2D eigenvalue weighted by molar-refractivity contribution is 6.10. The zero-order valence-corrected chi connectivity index (χ0v) is 19.5. The summed E-state index contributed by atoms with van der Waals surface area (Å²) < 4.78 is 19.1. The summed E-state index contributed by atoms with van der Waals surface area (Å²) in [6.07, 6.45) is 1.31. The Kier molecular flexibility index (Phi) is 6.97. The number of carbonyl (C=O) groups excluding carboxylic acids is 1. The first kappa shape index (κ1) is 23.3. The van der Waals surface area contributed by atoms with Crippen LogP contribution in [0.25, 0.3) is 21.8 Å². The third kappa shape index (κ3) is 5.47. The van der Waals surface area contributed by atoms with E-state index in [-0.39, 0.29) is 30.8 Å². The number of nitrogens with zero attached hydrogens (tertiary/aromatic N) is 1. The molecular formula is C28H30FN3O3. The zero-order valence-electron chi connectivity index (χ0n) is 19.5. The summed E-state index contributed by atoms with van der Waals surface area (Å²) in [5.41, 5.74) is 2.89. The second-order valence-electron chi connectivity index (χ2n) is 9.18. The molecule has 0 bridgehead atoms. The number of aromatic amines is 1. The molecule has 3 aromatic carbocycles. The van der Waals surface area contributed by atoms with Gasteiger partial charge in [-0.3, -0.25) is 4.79 Å². The van der Waals surface area contributed by atoms with Gasteiger partial charge < -0.3 is 25.0 Å². The topological polar surface area (TPSA) is 77.6 Å². The van der Waals surface area contributed by atoms with Gasteiger partial charge in [0.1, 0.15) is 24.3 Å². The van der Waals surface area contributed by atoms with Gasteiger partial charge in [-0.05, 0) is 48.7 Å². The second-order valence-corrected chi connectivity index (χ2v) is 9.18. The number of piperidine rings is 1. The number of hydrogen-bond acceptors (Lipinski definition) is 4. The maximum absolute atomic E-state index is 13.1. The molecule has 1 saturated heterocycles. The van der Waals surface area contributed by atoms with Crippen LogP contribution in [0, 0.1) is 5.82 Å². The van der Waals surface area contributed by atoms with Crippen molar-refractivity contribution in [1.82, 2.24) is 15.2 Å². The summed E-state index contributed by atoms with van der Waals surface area (Å²) in [5.74, 6) is 0.526. The standard InChI is InChI=1S/C28H30FN3O3/c29-20-10-8-19(9-11-20)16-27(34)32-14-12-21(13-15-32)30-17-22(33)18-35-26-7-3-6-25-28(26)23-4-1-2-5-24(23)31-25/h1-11,21-22,30-31,33H,12-18H2. The van der Waals surface area contributed by atoms with Crippen LogP contribution in [0.4, 0.5) is 4.39 Å². The Morgan fingerprint density at radius 2 is 1.80 bits per heavy atom. The lowest BCUT2D eigenvalue weighted by Gasteiger charge is -2.33. The van der Waals surface area contributed by atoms with Gasteiger partial charge in [0.2, 0.25) is 5.91 Å². The predicted octanol–water partition coefficient (Wildman–Crippen LogP) is 4.02. The molecule has 1 amide bonds. The molecule has 2 heterocycles. The average molecular weight is 476 g/mol. The Labute approximate surface area is 203 Å². The Hall–Kier alpha value is -3.42. The number of carbonyl (C=O) groups is 1. The summed E-state index contributed by atoms with van der Waals surface area (Å²) in [4.78, 5) is 17.8. The third-order valence-corrected chi connectivity index (χ3v) is 6.68. The number of rotatable bonds is 8. The molecule has 35 heavy (non-hydrogen) atoms. The maximum atomic E-state index is 13.1. The first-order valence-corrected chi connectivity index (χ1v) is 12.1. The van der Waals surface area contributed by atoms with E-state index in [0.29, 0.717) is 19.6 Å². The lowest BCUT2D eigenvalue weighted by atomic mass is 10.0. The van der Waals surface area contributed by atoms with Crippen LogP contribution in [0.5, 0.6) is 5.75 Å². The highest BCUT2D eigenvalue weighted by Gasteiger charge is 2.23. The lowest BCUT2D eigenvalue weighted by molar-refractivity contribution is -0.131. The Balaban J connectivity index is 1.08. The normalized spacial score (nSPS) is 15.5. The van der Waals surface area contributed by atoms with Crippen molar-refractivity contribution in [3.8, 4) is 5.75 Å². The number of nitrogens with one attached hydrogen (secondary N) is 2. The molecule has 1 fully saturated rings. The van der Waals surface area contributed by atoms with E-state index in [4.69, 9.17) is 4.74 Å². The van der Waals surface area contributed by atoms with Crippen LogP contribution in [-0.4, -0.2) is 59.3 Å². The molecule has 6 nitrogen and oxygen atoms in total. The molecule has 1 aromatic heterocycles. The van der Waals surface area contributed by atoms with E-state index >= 15 is 0 Å². The zero-order chi connectivity index (χ0) is 24.2. The van der Waals surface area contributed by atoms with E-state index in [1.165, 1.54) is 12.1 Å². The van der Waals surface area contributed by atoms with E-state index in [2.05, 4.69) is 16.4 Å². The molecule has 1 unspecified atom stereocenters. The number of hydrogen-bond donors (Lipinski definition) is 3. The van der Waals surface area contributed by atoms with Crippen LogP contribution in [0.15, 0.2) is 66.7 Å². The van der Waals surface area contributed by atoms with Crippen LogP contribution in [0.1, 0.15) is 18.4 Å². The minimum atomic E-state index is -0.645. The summed E-state index contributed by atoms with van der Waals surface area (Å²) >= 11 is 0. The van der Waals surface area contributed by atoms with Gasteiger partial charge in [0.05, 0.1) is 11.9 Å². The van der Waals surface area contributed by atoms with Crippen LogP contribution in [0.2, 0.25) is 0 Å². The van der Waals surface area contributed by atoms with Gasteiger partial charge in [0, 0.05) is 42.0 Å². The van der Waals surface area contributed by atoms with Crippen molar-refractivity contribution in [3.05, 3.63) is 78.1 Å². The number of benzene rings is 3. The summed E-state index contributed by atoms with van der Waals surface area (Å²) in [6.45, 7) is 1.97. The van der Waals surface area contributed by atoms with Crippen LogP contribution >= 0.6 is 0 Å². The van der Waals surface area contributed by atoms with E-state index in [1.54, 1.807) is 12.1 Å². The van der Waals surface area contributed by atoms with E-state index in [0.717, 1.165) is 46.0 Å². The first-order chi connectivity index (χ1) is 17.1. The number of aromatic nitrogens is 1. The van der Waals surface area contributed by atoms with Crippen molar-refractivity contribution in [2.45, 2.75) is 31.4 Å². The smallest absolute Gasteiger partial charge is 0.226 e. The van der Waals surface area contributed by atoms with Crippen molar-refractivity contribution in [2.24, 2.45) is 0 Å². The monoisotopic (exact) mass is 475 g/mol. The van der Waals surface area contributed by atoms with Crippen molar-refractivity contribution < 1.29 is 19.0 Å². The van der Waals surface area contributed by atoms with E-state index < -0.39 is 6.10 Å². The predicted molar refractivity (Wildman–Crippen MR) is 135 cm³/mol. The number of ether oxygens (including phenoxy) is 1. The minimum Gasteiger partial charge on any atom is -0.490 e. The van der Waals surface area contributed by atoms with Gasteiger partial charge in [-0.1, -0.05) is 36.4 Å². The second kappa shape index (κ2) is 10.5. The molecule has 1 aliphatic rings. The average Bonchev–Trinajstić information content (AvgIpc) is 3.27. The number of fused-ring (bicyclic) bond motifs is 3. The fraction of sp³-hybridized carbons (Fsp3) is 0.321. The third-order valence-electron chi connectivity index (χ3n) is 6.68. The molecule has 0 saturated carbocycles. The van der Waals surface area contributed by atoms with Gasteiger partial charge >= 0.3 is 0 Å². The Morgan fingerprint density at radius 1 is 1.06 bits per heavy atom. The highest BCUT2D eigenvalue weighted by atomic mass is 19.1. The minimum absolute atomic E-state index is 0.0648. The molecule has 0 aliphatic carbocycles. The fourth-order valence-corrected chi connectivity index (χ4v) is 4.76. The van der Waals surface area contributed by atoms with Gasteiger partial charge in [-0.15, -0.1) is 0 Å². The quantitative estimate of drug-likeness (QED) is 0.360. The number of H-pyrrole nitrogens is 1. The number of halogens is 1. The molecule has 182 valence electrons. The fourth-order valence-electron chi connectivity index (χ4n) is 4.76. The largest absolute Gasteiger partial charge is 0.490 e. The number of likely N-dealkylation sites (tertiary alicyclic amines) is 1. The molecule has 1 atom stereocenters. The Bertz CT molecular complexity index is 1300. The number of aliphatic hydroxyl groups is 1. The van der Waals surface area contributed by atoms with Crippen molar-refractivity contribution in [2.75, 3.05) is 26.2 Å². The van der Waals surface area contributed by atoms with E-state index in [9.17, 15) is 14.3 Å². The van der Waals surface area contributed by atoms with Gasteiger partial charge in [-0.2, -0.15) is 0 Å². The van der Waals surface area contributed by atoms with Crippen LogP contribution in [0.3, 0.4) is 0 Å². The summed E-state index contributed by atoms with van der Waals surface area (Å²) in [6, 6.07) is 20.3. The molecular weight excluding hydrogens is 445 g/mol.